The van der Waals surface area contributed by atoms with Crippen molar-refractivity contribution in [3.05, 3.63) is 117 Å². The quantitative estimate of drug-likeness (QED) is 0.507. The second-order valence-electron chi connectivity index (χ2n) is 5.63. The van der Waals surface area contributed by atoms with Crippen molar-refractivity contribution in [1.29, 1.82) is 0 Å². The van der Waals surface area contributed by atoms with E-state index in [1.807, 2.05) is 0 Å². The van der Waals surface area contributed by atoms with Crippen LogP contribution in [0.3, 0.4) is 0 Å². The number of hydrogen-bond acceptors (Lipinski definition) is 2. The summed E-state index contributed by atoms with van der Waals surface area (Å²) in [5, 5.41) is 0. The van der Waals surface area contributed by atoms with Crippen molar-refractivity contribution in [2.45, 2.75) is 20.0 Å². The van der Waals surface area contributed by atoms with Crippen LogP contribution in [0.5, 0.6) is 0 Å². The Hall–Kier alpha value is -2.96. The minimum absolute atomic E-state index is 0.911. The van der Waals surface area contributed by atoms with Crippen molar-refractivity contribution in [3.8, 4) is 0 Å². The molecule has 0 N–H and O–H groups in total. The zero-order valence-electron chi connectivity index (χ0n) is 17.3. The fourth-order valence-electron chi connectivity index (χ4n) is 2.66. The van der Waals surface area contributed by atoms with Gasteiger partial charge in [-0.15, -0.1) is 0 Å². The van der Waals surface area contributed by atoms with E-state index in [-0.39, 0.29) is 0 Å². The van der Waals surface area contributed by atoms with Crippen LogP contribution in [-0.4, -0.2) is 21.0 Å². The molecule has 1 aliphatic rings. The zero-order valence-corrected chi connectivity index (χ0v) is 18.6. The molecule has 8 heteroatoms. The summed E-state index contributed by atoms with van der Waals surface area (Å²) in [6.45, 7) is 27.5. The first-order valence-corrected chi connectivity index (χ1v) is 9.18. The fraction of sp³-hybridized carbons (Fsp3) is 0.167. The molecule has 0 radical (unpaired) electrons. The normalized spacial score (nSPS) is 11.2. The molecule has 1 heterocycles. The third kappa shape index (κ3) is 13.4. The summed E-state index contributed by atoms with van der Waals surface area (Å²) in [4.78, 5) is 4.80. The Bertz CT molecular complexity index is 853. The minimum atomic E-state index is 0.911. The molecular formula is C24H20CrN2O5. The SMILES string of the molecule is CC1=C[C](=[Cr])N(Cc2ccccc2)CN1Cc1ccccc1.[C-]#[O+].[C-]#[O+].[C-]#[O+].[C-]#[O+].[C-]#[O+]. The van der Waals surface area contributed by atoms with Gasteiger partial charge in [-0.1, -0.05) is 0 Å². The Morgan fingerprint density at radius 2 is 1.00 bits per heavy atom. The van der Waals surface area contributed by atoms with Crippen LogP contribution in [0.2, 0.25) is 0 Å². The van der Waals surface area contributed by atoms with Crippen molar-refractivity contribution >= 4 is 4.50 Å². The van der Waals surface area contributed by atoms with Gasteiger partial charge in [0.2, 0.25) is 0 Å². The van der Waals surface area contributed by atoms with Crippen LogP contribution in [0.1, 0.15) is 18.1 Å². The average Bonchev–Trinajstić information content (AvgIpc) is 2.89. The Balaban J connectivity index is -0.000000744. The number of nitrogens with zero attached hydrogens (tertiary/aromatic N) is 2. The van der Waals surface area contributed by atoms with Crippen molar-refractivity contribution in [3.63, 3.8) is 0 Å². The first-order valence-electron chi connectivity index (χ1n) is 8.54. The molecule has 0 aromatic heterocycles. The van der Waals surface area contributed by atoms with E-state index in [4.69, 9.17) is 23.3 Å². The topological polar surface area (TPSA) is 106 Å². The first-order chi connectivity index (χ1) is 15.7. The summed E-state index contributed by atoms with van der Waals surface area (Å²) in [6.07, 6.45) is 2.23. The van der Waals surface area contributed by atoms with Crippen LogP contribution in [0, 0.1) is 33.3 Å². The van der Waals surface area contributed by atoms with Gasteiger partial charge in [0.15, 0.2) is 0 Å². The molecule has 162 valence electrons. The summed E-state index contributed by atoms with van der Waals surface area (Å²) < 4.78 is 38.7. The number of allylic oxidation sites excluding steroid dienone is 1. The Labute approximate surface area is 196 Å². The van der Waals surface area contributed by atoms with Crippen LogP contribution < -0.4 is 0 Å². The molecule has 0 amide bonds. The van der Waals surface area contributed by atoms with Crippen LogP contribution in [0.4, 0.5) is 0 Å². The van der Waals surface area contributed by atoms with Crippen LogP contribution in [0.25, 0.3) is 0 Å². The number of hydrogen-bond donors (Lipinski definition) is 0. The summed E-state index contributed by atoms with van der Waals surface area (Å²) in [7, 11) is 0. The maximum atomic E-state index is 7.50. The summed E-state index contributed by atoms with van der Waals surface area (Å²) in [5.41, 5.74) is 3.99. The van der Waals surface area contributed by atoms with Gasteiger partial charge < -0.3 is 0 Å². The monoisotopic (exact) mass is 468 g/mol. The van der Waals surface area contributed by atoms with Crippen LogP contribution >= 0.6 is 0 Å². The van der Waals surface area contributed by atoms with E-state index in [2.05, 4.69) is 133 Å². The molecule has 0 saturated heterocycles. The van der Waals surface area contributed by atoms with Gasteiger partial charge in [-0.05, 0) is 0 Å². The summed E-state index contributed by atoms with van der Waals surface area (Å²) in [5.74, 6) is 0. The fourth-order valence-corrected chi connectivity index (χ4v) is 3.12. The standard InChI is InChI=1S/C19H20N2.5CO.Cr/c1-17-12-13-20(14-18-8-4-2-5-9-18)16-21(17)15-19-10-6-3-7-11-19;5*1-2;/h2-12H,14-16H2,1H3;;;;;;. The molecule has 0 bridgehead atoms. The second-order valence-corrected chi connectivity index (χ2v) is 6.29. The molecule has 7 nitrogen and oxygen atoms in total. The Morgan fingerprint density at radius 1 is 0.656 bits per heavy atom. The van der Waals surface area contributed by atoms with E-state index in [1.54, 1.807) is 0 Å². The Kier molecular flexibility index (Phi) is 25.6. The van der Waals surface area contributed by atoms with Gasteiger partial charge in [-0.2, -0.15) is 0 Å². The molecule has 1 aliphatic heterocycles. The maximum absolute atomic E-state index is 7.50. The van der Waals surface area contributed by atoms with E-state index in [9.17, 15) is 0 Å². The molecule has 0 aliphatic carbocycles. The molecule has 0 spiro atoms. The molecule has 0 atom stereocenters. The molecule has 2 aromatic carbocycles. The van der Waals surface area contributed by atoms with Crippen LogP contribution in [-0.2, 0) is 52.2 Å². The van der Waals surface area contributed by atoms with Crippen molar-refractivity contribution in [2.75, 3.05) is 6.67 Å². The predicted molar refractivity (Wildman–Crippen MR) is 107 cm³/mol. The molecule has 32 heavy (non-hydrogen) atoms. The van der Waals surface area contributed by atoms with E-state index < -0.39 is 0 Å². The third-order valence-corrected chi connectivity index (χ3v) is 4.50. The van der Waals surface area contributed by atoms with Gasteiger partial charge in [0.05, 0.1) is 0 Å². The molecule has 2 aromatic rings. The third-order valence-electron chi connectivity index (χ3n) is 3.92. The zero-order chi connectivity index (χ0) is 25.4. The summed E-state index contributed by atoms with van der Waals surface area (Å²) in [6, 6.07) is 21.3. The van der Waals surface area contributed by atoms with E-state index in [0.29, 0.717) is 0 Å². The van der Waals surface area contributed by atoms with Crippen molar-refractivity contribution < 1.29 is 39.1 Å². The first kappa shape index (κ1) is 33.7. The molecule has 0 saturated carbocycles. The number of rotatable bonds is 4. The van der Waals surface area contributed by atoms with Gasteiger partial charge in [-0.3, -0.25) is 0 Å². The van der Waals surface area contributed by atoms with Gasteiger partial charge in [0.25, 0.3) is 0 Å². The predicted octanol–water partition coefficient (Wildman–Crippen LogP) is 3.35. The van der Waals surface area contributed by atoms with Crippen LogP contribution in [0.15, 0.2) is 72.4 Å². The molecule has 0 fully saturated rings. The Morgan fingerprint density at radius 3 is 1.38 bits per heavy atom. The summed E-state index contributed by atoms with van der Waals surface area (Å²) >= 11 is 3.20. The molecule has 0 unspecified atom stereocenters. The molecular weight excluding hydrogens is 448 g/mol. The van der Waals surface area contributed by atoms with Gasteiger partial charge >= 0.3 is 197 Å². The second kappa shape index (κ2) is 24.3. The molecule has 3 rings (SSSR count). The van der Waals surface area contributed by atoms with E-state index in [1.165, 1.54) is 21.3 Å². The van der Waals surface area contributed by atoms with E-state index in [0.717, 1.165) is 19.8 Å². The van der Waals surface area contributed by atoms with E-state index >= 15 is 0 Å². The van der Waals surface area contributed by atoms with Crippen molar-refractivity contribution in [1.82, 2.24) is 9.80 Å². The average molecular weight is 468 g/mol. The van der Waals surface area contributed by atoms with Gasteiger partial charge in [0, 0.05) is 0 Å². The number of benzene rings is 2. The van der Waals surface area contributed by atoms with Gasteiger partial charge in [0.1, 0.15) is 0 Å². The van der Waals surface area contributed by atoms with Crippen molar-refractivity contribution in [2.24, 2.45) is 0 Å². The van der Waals surface area contributed by atoms with Gasteiger partial charge in [-0.25, -0.2) is 0 Å².